The normalized spacial score (nSPS) is 10.5. The van der Waals surface area contributed by atoms with Crippen LogP contribution in [0.15, 0.2) is 45.7 Å². The number of rotatable bonds is 5. The summed E-state index contributed by atoms with van der Waals surface area (Å²) >= 11 is 6.87. The van der Waals surface area contributed by atoms with Crippen LogP contribution < -0.4 is 5.56 Å². The third kappa shape index (κ3) is 3.87. The van der Waals surface area contributed by atoms with Crippen molar-refractivity contribution in [3.63, 3.8) is 0 Å². The number of alkyl halides is 1. The molecule has 22 heavy (non-hydrogen) atoms. The van der Waals surface area contributed by atoms with Gasteiger partial charge in [0.25, 0.3) is 5.56 Å². The molecule has 116 valence electrons. The minimum Gasteiger partial charge on any atom is -0.465 e. The summed E-state index contributed by atoms with van der Waals surface area (Å²) in [4.78, 5) is 23.4. The number of hydrogen-bond donors (Lipinski definition) is 0. The zero-order valence-corrected chi connectivity index (χ0v) is 15.2. The molecule has 0 aliphatic heterocycles. The molecule has 0 aliphatic rings. The van der Waals surface area contributed by atoms with Crippen LogP contribution in [0.3, 0.4) is 0 Å². The van der Waals surface area contributed by atoms with Crippen molar-refractivity contribution in [3.8, 4) is 0 Å². The fraction of sp³-hybridized carbons (Fsp3) is 0.250. The summed E-state index contributed by atoms with van der Waals surface area (Å²) in [5.41, 5.74) is 2.47. The lowest BCUT2D eigenvalue weighted by molar-refractivity contribution is 0.0600. The van der Waals surface area contributed by atoms with Gasteiger partial charge in [0.1, 0.15) is 0 Å². The van der Waals surface area contributed by atoms with Crippen molar-refractivity contribution in [2.75, 3.05) is 7.11 Å². The van der Waals surface area contributed by atoms with E-state index in [0.717, 1.165) is 15.7 Å². The molecule has 0 saturated heterocycles. The second-order valence-electron chi connectivity index (χ2n) is 4.69. The van der Waals surface area contributed by atoms with Gasteiger partial charge < -0.3 is 9.30 Å². The smallest absolute Gasteiger partial charge is 0.337 e. The van der Waals surface area contributed by atoms with Crippen molar-refractivity contribution in [2.45, 2.75) is 18.3 Å². The number of halogens is 2. The van der Waals surface area contributed by atoms with Crippen molar-refractivity contribution in [3.05, 3.63) is 68.0 Å². The number of aryl methyl sites for hydroxylation is 1. The minimum atomic E-state index is -0.351. The van der Waals surface area contributed by atoms with Crippen LogP contribution in [0.4, 0.5) is 0 Å². The molecule has 0 fully saturated rings. The van der Waals surface area contributed by atoms with Crippen molar-refractivity contribution in [1.82, 2.24) is 4.57 Å². The first kappa shape index (κ1) is 17.0. The zero-order chi connectivity index (χ0) is 16.1. The largest absolute Gasteiger partial charge is 0.465 e. The molecule has 6 heteroatoms. The summed E-state index contributed by atoms with van der Waals surface area (Å²) in [6.45, 7) is 0.580. The van der Waals surface area contributed by atoms with Crippen LogP contribution in [0.25, 0.3) is 0 Å². The van der Waals surface area contributed by atoms with Gasteiger partial charge in [0.05, 0.1) is 12.7 Å². The Bertz CT molecular complexity index is 723. The topological polar surface area (TPSA) is 48.3 Å². The number of aromatic nitrogens is 1. The molecule has 0 aliphatic carbocycles. The number of carbonyl (C=O) groups is 1. The third-order valence-corrected chi connectivity index (χ3v) is 4.62. The van der Waals surface area contributed by atoms with E-state index in [0.29, 0.717) is 23.9 Å². The van der Waals surface area contributed by atoms with Gasteiger partial charge in [-0.05, 0) is 46.1 Å². The van der Waals surface area contributed by atoms with E-state index >= 15 is 0 Å². The van der Waals surface area contributed by atoms with Crippen LogP contribution in [0, 0.1) is 0 Å². The molecule has 0 bridgehead atoms. The number of nitrogens with zero attached hydrogens (tertiary/aromatic N) is 1. The van der Waals surface area contributed by atoms with Crippen LogP contribution in [0.5, 0.6) is 0 Å². The molecule has 1 heterocycles. The molecular formula is C16H15Br2NO3. The van der Waals surface area contributed by atoms with Crippen molar-refractivity contribution < 1.29 is 9.53 Å². The molecule has 1 aromatic heterocycles. The van der Waals surface area contributed by atoms with Crippen molar-refractivity contribution >= 4 is 37.8 Å². The zero-order valence-electron chi connectivity index (χ0n) is 12.0. The fourth-order valence-electron chi connectivity index (χ4n) is 2.14. The molecular weight excluding hydrogens is 414 g/mol. The van der Waals surface area contributed by atoms with Gasteiger partial charge in [0, 0.05) is 28.1 Å². The van der Waals surface area contributed by atoms with E-state index in [-0.39, 0.29) is 11.5 Å². The SMILES string of the molecule is COC(=O)c1ccc(CCn2c(CBr)c(Br)ccc2=O)cc1. The number of carbonyl (C=O) groups excluding carboxylic acids is 1. The molecule has 0 unspecified atom stereocenters. The maximum Gasteiger partial charge on any atom is 0.337 e. The van der Waals surface area contributed by atoms with Gasteiger partial charge in [-0.25, -0.2) is 4.79 Å². The quantitative estimate of drug-likeness (QED) is 0.540. The van der Waals surface area contributed by atoms with E-state index < -0.39 is 0 Å². The highest BCUT2D eigenvalue weighted by molar-refractivity contribution is 9.10. The molecule has 2 aromatic rings. The first-order valence-corrected chi connectivity index (χ1v) is 8.59. The van der Waals surface area contributed by atoms with Crippen LogP contribution >= 0.6 is 31.9 Å². The molecule has 0 radical (unpaired) electrons. The predicted octanol–water partition coefficient (Wildman–Crippen LogP) is 3.54. The lowest BCUT2D eigenvalue weighted by atomic mass is 10.1. The van der Waals surface area contributed by atoms with Crippen LogP contribution in [-0.4, -0.2) is 17.6 Å². The Morgan fingerprint density at radius 1 is 1.18 bits per heavy atom. The molecule has 0 amide bonds. The number of benzene rings is 1. The van der Waals surface area contributed by atoms with E-state index in [2.05, 4.69) is 36.6 Å². The number of pyridine rings is 1. The summed E-state index contributed by atoms with van der Waals surface area (Å²) in [5, 5.41) is 0.602. The second-order valence-corrected chi connectivity index (χ2v) is 6.11. The van der Waals surface area contributed by atoms with E-state index in [4.69, 9.17) is 0 Å². The second kappa shape index (κ2) is 7.74. The van der Waals surface area contributed by atoms with E-state index in [9.17, 15) is 9.59 Å². The van der Waals surface area contributed by atoms with Gasteiger partial charge in [-0.2, -0.15) is 0 Å². The minimum absolute atomic E-state index is 0.0242. The van der Waals surface area contributed by atoms with Crippen LogP contribution in [0.1, 0.15) is 21.6 Å². The molecule has 0 N–H and O–H groups in total. The lowest BCUT2D eigenvalue weighted by Crippen LogP contribution is -2.23. The third-order valence-electron chi connectivity index (χ3n) is 3.37. The van der Waals surface area contributed by atoms with E-state index in [1.807, 2.05) is 12.1 Å². The summed E-state index contributed by atoms with van der Waals surface area (Å²) < 4.78 is 7.32. The van der Waals surface area contributed by atoms with Gasteiger partial charge >= 0.3 is 5.97 Å². The standard InChI is InChI=1S/C16H15Br2NO3/c1-22-16(21)12-4-2-11(3-5-12)8-9-19-14(10-17)13(18)6-7-15(19)20/h2-7H,8-10H2,1H3. The Balaban J connectivity index is 2.15. The number of esters is 1. The lowest BCUT2D eigenvalue weighted by Gasteiger charge is -2.12. The molecule has 0 spiro atoms. The number of ether oxygens (including phenoxy) is 1. The Labute approximate surface area is 145 Å². The number of hydrogen-bond acceptors (Lipinski definition) is 3. The van der Waals surface area contributed by atoms with Gasteiger partial charge in [0.15, 0.2) is 0 Å². The van der Waals surface area contributed by atoms with Crippen LogP contribution in [-0.2, 0) is 23.0 Å². The summed E-state index contributed by atoms with van der Waals surface area (Å²) in [5.74, 6) is -0.351. The first-order chi connectivity index (χ1) is 10.6. The summed E-state index contributed by atoms with van der Waals surface area (Å²) in [6.07, 6.45) is 0.706. The van der Waals surface area contributed by atoms with E-state index in [1.165, 1.54) is 7.11 Å². The molecule has 0 saturated carbocycles. The van der Waals surface area contributed by atoms with Crippen molar-refractivity contribution in [2.24, 2.45) is 0 Å². The van der Waals surface area contributed by atoms with Crippen molar-refractivity contribution in [1.29, 1.82) is 0 Å². The van der Waals surface area contributed by atoms with Crippen LogP contribution in [0.2, 0.25) is 0 Å². The maximum atomic E-state index is 12.0. The summed E-state index contributed by atoms with van der Waals surface area (Å²) in [6, 6.07) is 10.5. The Kier molecular flexibility index (Phi) is 5.97. The van der Waals surface area contributed by atoms with Gasteiger partial charge in [-0.1, -0.05) is 28.1 Å². The first-order valence-electron chi connectivity index (χ1n) is 6.68. The Morgan fingerprint density at radius 3 is 2.45 bits per heavy atom. The monoisotopic (exact) mass is 427 g/mol. The maximum absolute atomic E-state index is 12.0. The predicted molar refractivity (Wildman–Crippen MR) is 92.5 cm³/mol. The molecule has 0 atom stereocenters. The van der Waals surface area contributed by atoms with Gasteiger partial charge in [0.2, 0.25) is 0 Å². The van der Waals surface area contributed by atoms with E-state index in [1.54, 1.807) is 28.8 Å². The Morgan fingerprint density at radius 2 is 1.86 bits per heavy atom. The average Bonchev–Trinajstić information content (AvgIpc) is 2.55. The Hall–Kier alpha value is -1.40. The molecule has 2 rings (SSSR count). The van der Waals surface area contributed by atoms with Gasteiger partial charge in [-0.3, -0.25) is 4.79 Å². The number of methoxy groups -OCH3 is 1. The average molecular weight is 429 g/mol. The highest BCUT2D eigenvalue weighted by atomic mass is 79.9. The highest BCUT2D eigenvalue weighted by Gasteiger charge is 2.08. The highest BCUT2D eigenvalue weighted by Crippen LogP contribution is 2.18. The van der Waals surface area contributed by atoms with Gasteiger partial charge in [-0.15, -0.1) is 0 Å². The fourth-order valence-corrected chi connectivity index (χ4v) is 3.61. The summed E-state index contributed by atoms with van der Waals surface area (Å²) in [7, 11) is 1.36. The molecule has 4 nitrogen and oxygen atoms in total. The molecule has 1 aromatic carbocycles.